The van der Waals surface area contributed by atoms with Gasteiger partial charge in [0.25, 0.3) is 0 Å². The van der Waals surface area contributed by atoms with Crippen LogP contribution in [0.25, 0.3) is 22.2 Å². The fourth-order valence-corrected chi connectivity index (χ4v) is 5.17. The molecule has 3 aromatic rings. The monoisotopic (exact) mass is 464 g/mol. The van der Waals surface area contributed by atoms with Gasteiger partial charge in [-0.2, -0.15) is 5.10 Å². The molecule has 1 saturated carbocycles. The zero-order chi connectivity index (χ0) is 23.7. The number of anilines is 1. The first-order valence-electron chi connectivity index (χ1n) is 12.1. The van der Waals surface area contributed by atoms with Crippen LogP contribution >= 0.6 is 0 Å². The van der Waals surface area contributed by atoms with Gasteiger partial charge in [0.1, 0.15) is 0 Å². The highest BCUT2D eigenvalue weighted by molar-refractivity contribution is 5.95. The topological polar surface area (TPSA) is 94.4 Å². The first-order valence-corrected chi connectivity index (χ1v) is 12.1. The molecule has 9 nitrogen and oxygen atoms in total. The van der Waals surface area contributed by atoms with Crippen LogP contribution in [0, 0.1) is 5.92 Å². The lowest BCUT2D eigenvalue weighted by atomic mass is 9.96. The van der Waals surface area contributed by atoms with E-state index in [9.17, 15) is 4.79 Å². The lowest BCUT2D eigenvalue weighted by Gasteiger charge is -2.21. The highest BCUT2D eigenvalue weighted by Gasteiger charge is 2.30. The third-order valence-electron chi connectivity index (χ3n) is 7.10. The highest BCUT2D eigenvalue weighted by atomic mass is 16.5. The Hall–Kier alpha value is -3.36. The van der Waals surface area contributed by atoms with Gasteiger partial charge in [-0.05, 0) is 25.3 Å². The zero-order valence-corrected chi connectivity index (χ0v) is 20.1. The van der Waals surface area contributed by atoms with Crippen molar-refractivity contribution in [3.8, 4) is 22.8 Å². The van der Waals surface area contributed by atoms with Gasteiger partial charge >= 0.3 is 0 Å². The van der Waals surface area contributed by atoms with Gasteiger partial charge in [0, 0.05) is 43.4 Å². The number of methoxy groups -OCH3 is 2. The number of nitrogens with zero attached hydrogens (tertiary/aromatic N) is 5. The number of ether oxygens (including phenoxy) is 2. The Morgan fingerprint density at radius 3 is 2.56 bits per heavy atom. The summed E-state index contributed by atoms with van der Waals surface area (Å²) in [6.45, 7) is 1.33. The molecule has 1 saturated heterocycles. The molecular formula is C25H32N6O3. The van der Waals surface area contributed by atoms with Crippen LogP contribution in [-0.2, 0) is 4.79 Å². The maximum absolute atomic E-state index is 12.2. The molecule has 2 fully saturated rings. The first kappa shape index (κ1) is 22.4. The normalized spacial score (nSPS) is 18.9. The zero-order valence-electron chi connectivity index (χ0n) is 20.1. The van der Waals surface area contributed by atoms with Gasteiger partial charge in [0.05, 0.1) is 43.6 Å². The van der Waals surface area contributed by atoms with Crippen molar-refractivity contribution in [2.24, 2.45) is 5.92 Å². The minimum Gasteiger partial charge on any atom is -0.493 e. The van der Waals surface area contributed by atoms with Gasteiger partial charge < -0.3 is 19.7 Å². The number of carbonyl (C=O) groups excluding carboxylic acids is 1. The minimum absolute atomic E-state index is 0.0590. The smallest absolute Gasteiger partial charge is 0.226 e. The van der Waals surface area contributed by atoms with Crippen LogP contribution in [0.15, 0.2) is 24.5 Å². The van der Waals surface area contributed by atoms with Crippen LogP contribution in [0.4, 0.5) is 5.95 Å². The molecule has 0 spiro atoms. The maximum atomic E-state index is 12.2. The molecule has 9 heteroatoms. The molecule has 2 aliphatic rings. The maximum Gasteiger partial charge on any atom is 0.226 e. The van der Waals surface area contributed by atoms with E-state index in [2.05, 4.69) is 21.1 Å². The Morgan fingerprint density at radius 1 is 1.06 bits per heavy atom. The molecule has 3 heterocycles. The second-order valence-electron chi connectivity index (χ2n) is 9.14. The standard InChI is InChI=1S/C25H32N6O3/c1-26-24(32)16-9-10-30(14-16)25-28-20-12-22(34-3)21(33-2)11-19(20)23(29-25)17-13-27-31(15-17)18-7-5-4-6-8-18/h11-13,15-16,18H,4-10,14H2,1-3H3,(H,26,32). The summed E-state index contributed by atoms with van der Waals surface area (Å²) < 4.78 is 13.2. The summed E-state index contributed by atoms with van der Waals surface area (Å²) in [5.74, 6) is 1.86. The van der Waals surface area contributed by atoms with Crippen molar-refractivity contribution in [2.75, 3.05) is 39.3 Å². The predicted octanol–water partition coefficient (Wildman–Crippen LogP) is 3.59. The van der Waals surface area contributed by atoms with Gasteiger partial charge in [0.15, 0.2) is 11.5 Å². The average molecular weight is 465 g/mol. The Labute approximate surface area is 199 Å². The van der Waals surface area contributed by atoms with Crippen molar-refractivity contribution >= 4 is 22.8 Å². The van der Waals surface area contributed by atoms with Crippen molar-refractivity contribution in [3.63, 3.8) is 0 Å². The van der Waals surface area contributed by atoms with E-state index in [-0.39, 0.29) is 11.8 Å². The van der Waals surface area contributed by atoms with Crippen molar-refractivity contribution in [2.45, 2.75) is 44.6 Å². The number of hydrogen-bond donors (Lipinski definition) is 1. The third-order valence-corrected chi connectivity index (χ3v) is 7.10. The summed E-state index contributed by atoms with van der Waals surface area (Å²) in [6, 6.07) is 4.26. The second-order valence-corrected chi connectivity index (χ2v) is 9.14. The summed E-state index contributed by atoms with van der Waals surface area (Å²) in [5, 5.41) is 8.35. The molecule has 1 N–H and O–H groups in total. The van der Waals surface area contributed by atoms with E-state index in [1.54, 1.807) is 21.3 Å². The van der Waals surface area contributed by atoms with E-state index in [1.807, 2.05) is 18.3 Å². The lowest BCUT2D eigenvalue weighted by molar-refractivity contribution is -0.123. The molecule has 1 aromatic carbocycles. The van der Waals surface area contributed by atoms with Crippen LogP contribution in [0.3, 0.4) is 0 Å². The second kappa shape index (κ2) is 9.48. The van der Waals surface area contributed by atoms with Crippen LogP contribution in [0.2, 0.25) is 0 Å². The van der Waals surface area contributed by atoms with Gasteiger partial charge in [-0.1, -0.05) is 19.3 Å². The fourth-order valence-electron chi connectivity index (χ4n) is 5.17. The van der Waals surface area contributed by atoms with Crippen molar-refractivity contribution in [1.82, 2.24) is 25.1 Å². The first-order chi connectivity index (χ1) is 16.6. The van der Waals surface area contributed by atoms with E-state index >= 15 is 0 Å². The summed E-state index contributed by atoms with van der Waals surface area (Å²) in [6.07, 6.45) is 10.9. The quantitative estimate of drug-likeness (QED) is 0.596. The molecule has 1 aliphatic carbocycles. The van der Waals surface area contributed by atoms with Crippen molar-refractivity contribution in [1.29, 1.82) is 0 Å². The van der Waals surface area contributed by atoms with E-state index in [0.29, 0.717) is 30.0 Å². The van der Waals surface area contributed by atoms with Crippen molar-refractivity contribution < 1.29 is 14.3 Å². The van der Waals surface area contributed by atoms with E-state index in [4.69, 9.17) is 24.5 Å². The number of fused-ring (bicyclic) bond motifs is 1. The van der Waals surface area contributed by atoms with E-state index < -0.39 is 0 Å². The average Bonchev–Trinajstić information content (AvgIpc) is 3.58. The van der Waals surface area contributed by atoms with Gasteiger partial charge in [-0.25, -0.2) is 9.97 Å². The third kappa shape index (κ3) is 4.15. The highest BCUT2D eigenvalue weighted by Crippen LogP contribution is 2.38. The minimum atomic E-state index is -0.0628. The molecule has 5 rings (SSSR count). The number of carbonyl (C=O) groups is 1. The number of hydrogen-bond acceptors (Lipinski definition) is 7. The number of rotatable bonds is 6. The molecule has 0 radical (unpaired) electrons. The molecule has 34 heavy (non-hydrogen) atoms. The van der Waals surface area contributed by atoms with Crippen molar-refractivity contribution in [3.05, 3.63) is 24.5 Å². The van der Waals surface area contributed by atoms with Gasteiger partial charge in [-0.3, -0.25) is 9.48 Å². The van der Waals surface area contributed by atoms with Gasteiger partial charge in [0.2, 0.25) is 11.9 Å². The Bertz CT molecular complexity index is 1190. The Morgan fingerprint density at radius 2 is 1.82 bits per heavy atom. The van der Waals surface area contributed by atoms with Crippen LogP contribution in [-0.4, -0.2) is 60.0 Å². The summed E-state index contributed by atoms with van der Waals surface area (Å²) in [5.41, 5.74) is 2.53. The van der Waals surface area contributed by atoms with E-state index in [1.165, 1.54) is 19.3 Å². The fraction of sp³-hybridized carbons (Fsp3) is 0.520. The number of amides is 1. The molecule has 2 aromatic heterocycles. The molecule has 1 aliphatic heterocycles. The summed E-state index contributed by atoms with van der Waals surface area (Å²) >= 11 is 0. The lowest BCUT2D eigenvalue weighted by Crippen LogP contribution is -2.30. The molecule has 1 atom stereocenters. The molecule has 1 amide bonds. The van der Waals surface area contributed by atoms with Gasteiger partial charge in [-0.15, -0.1) is 0 Å². The van der Waals surface area contributed by atoms with Crippen LogP contribution < -0.4 is 19.7 Å². The largest absolute Gasteiger partial charge is 0.493 e. The number of nitrogens with one attached hydrogen (secondary N) is 1. The number of benzene rings is 1. The summed E-state index contributed by atoms with van der Waals surface area (Å²) in [4.78, 5) is 24.1. The van der Waals surface area contributed by atoms with E-state index in [0.717, 1.165) is 48.0 Å². The van der Waals surface area contributed by atoms with Crippen LogP contribution in [0.1, 0.15) is 44.6 Å². The number of aromatic nitrogens is 4. The molecule has 0 bridgehead atoms. The molecular weight excluding hydrogens is 432 g/mol. The predicted molar refractivity (Wildman–Crippen MR) is 130 cm³/mol. The summed E-state index contributed by atoms with van der Waals surface area (Å²) in [7, 11) is 4.93. The van der Waals surface area contributed by atoms with Crippen LogP contribution in [0.5, 0.6) is 11.5 Å². The SMILES string of the molecule is CNC(=O)C1CCN(c2nc(-c3cnn(C4CCCCC4)c3)c3cc(OC)c(OC)cc3n2)C1. The molecule has 180 valence electrons. The molecule has 1 unspecified atom stereocenters. The Balaban J connectivity index is 1.59. The Kier molecular flexibility index (Phi) is 6.26.